The fraction of sp³-hybridized carbons (Fsp3) is 0.222. The van der Waals surface area contributed by atoms with E-state index in [4.69, 9.17) is 0 Å². The highest BCUT2D eigenvalue weighted by atomic mass is 16.7. The van der Waals surface area contributed by atoms with Gasteiger partial charge in [-0.2, -0.15) is 0 Å². The van der Waals surface area contributed by atoms with Crippen molar-refractivity contribution in [3.63, 3.8) is 0 Å². The van der Waals surface area contributed by atoms with Crippen molar-refractivity contribution >= 4 is 17.4 Å². The minimum absolute atomic E-state index is 0.0853. The van der Waals surface area contributed by atoms with E-state index in [-0.39, 0.29) is 5.69 Å². The second-order valence-electron chi connectivity index (χ2n) is 2.92. The van der Waals surface area contributed by atoms with E-state index >= 15 is 0 Å². The minimum atomic E-state index is -0.532. The summed E-state index contributed by atoms with van der Waals surface area (Å²) in [5, 5.41) is 13.9. The molecule has 1 N–H and O–H groups in total. The van der Waals surface area contributed by atoms with Gasteiger partial charge in [0.25, 0.3) is 5.69 Å². The number of hydroxylamine groups is 2. The van der Waals surface area contributed by atoms with Crippen LogP contribution in [0.3, 0.4) is 0 Å². The Labute approximate surface area is 91.7 Å². The molecule has 7 heteroatoms. The van der Waals surface area contributed by atoms with Gasteiger partial charge in [0, 0.05) is 24.9 Å². The molecule has 0 fully saturated rings. The van der Waals surface area contributed by atoms with Gasteiger partial charge in [-0.1, -0.05) is 6.07 Å². The van der Waals surface area contributed by atoms with Crippen molar-refractivity contribution in [2.45, 2.75) is 0 Å². The highest BCUT2D eigenvalue weighted by Crippen LogP contribution is 2.17. The van der Waals surface area contributed by atoms with Gasteiger partial charge in [0.05, 0.1) is 12.0 Å². The van der Waals surface area contributed by atoms with E-state index in [0.29, 0.717) is 5.69 Å². The molecule has 0 saturated carbocycles. The highest BCUT2D eigenvalue weighted by molar-refractivity contribution is 5.88. The number of nitrogens with one attached hydrogen (secondary N) is 1. The van der Waals surface area contributed by atoms with Gasteiger partial charge in [0.15, 0.2) is 0 Å². The number of nitrogens with zero attached hydrogens (tertiary/aromatic N) is 2. The summed E-state index contributed by atoms with van der Waals surface area (Å²) in [6.45, 7) is 0. The van der Waals surface area contributed by atoms with E-state index in [0.717, 1.165) is 5.06 Å². The summed E-state index contributed by atoms with van der Waals surface area (Å²) in [5.74, 6) is 0. The number of hydrogen-bond donors (Lipinski definition) is 1. The Morgan fingerprint density at radius 3 is 2.81 bits per heavy atom. The lowest BCUT2D eigenvalue weighted by atomic mass is 10.3. The van der Waals surface area contributed by atoms with Gasteiger partial charge in [-0.05, 0) is 6.07 Å². The third-order valence-electron chi connectivity index (χ3n) is 1.87. The second-order valence-corrected chi connectivity index (χ2v) is 2.92. The van der Waals surface area contributed by atoms with E-state index in [1.807, 2.05) is 0 Å². The molecule has 0 aliphatic rings. The minimum Gasteiger partial charge on any atom is -0.306 e. The predicted molar refractivity (Wildman–Crippen MR) is 56.9 cm³/mol. The van der Waals surface area contributed by atoms with Crippen molar-refractivity contribution in [2.24, 2.45) is 0 Å². The number of carbonyl (C=O) groups is 1. The molecule has 0 aromatic heterocycles. The Balaban J connectivity index is 2.78. The molecular weight excluding hydrogens is 214 g/mol. The summed E-state index contributed by atoms with van der Waals surface area (Å²) >= 11 is 0. The van der Waals surface area contributed by atoms with Crippen LogP contribution in [0.4, 0.5) is 16.2 Å². The van der Waals surface area contributed by atoms with Crippen molar-refractivity contribution in [1.82, 2.24) is 5.06 Å². The second kappa shape index (κ2) is 5.08. The molecule has 1 aromatic rings. The largest absolute Gasteiger partial charge is 0.345 e. The number of hydrogen-bond acceptors (Lipinski definition) is 4. The zero-order valence-electron chi connectivity index (χ0n) is 8.84. The zero-order valence-corrected chi connectivity index (χ0v) is 8.84. The Morgan fingerprint density at radius 1 is 1.56 bits per heavy atom. The van der Waals surface area contributed by atoms with Crippen LogP contribution in [0.1, 0.15) is 0 Å². The number of urea groups is 1. The molecule has 0 aliphatic heterocycles. The molecule has 2 amide bonds. The highest BCUT2D eigenvalue weighted by Gasteiger charge is 2.10. The third-order valence-corrected chi connectivity index (χ3v) is 1.87. The lowest BCUT2D eigenvalue weighted by Gasteiger charge is -2.14. The molecule has 0 heterocycles. The fourth-order valence-corrected chi connectivity index (χ4v) is 0.982. The number of rotatable bonds is 3. The summed E-state index contributed by atoms with van der Waals surface area (Å²) < 4.78 is 0. The number of non-ortho nitro benzene ring substituents is 1. The van der Waals surface area contributed by atoms with Gasteiger partial charge < -0.3 is 5.32 Å². The quantitative estimate of drug-likeness (QED) is 0.625. The average Bonchev–Trinajstić information content (AvgIpc) is 2.28. The molecule has 0 atom stereocenters. The van der Waals surface area contributed by atoms with E-state index in [2.05, 4.69) is 10.2 Å². The van der Waals surface area contributed by atoms with Gasteiger partial charge >= 0.3 is 6.03 Å². The van der Waals surface area contributed by atoms with Crippen LogP contribution in [0.15, 0.2) is 24.3 Å². The monoisotopic (exact) mass is 225 g/mol. The molecule has 7 nitrogen and oxygen atoms in total. The van der Waals surface area contributed by atoms with E-state index in [9.17, 15) is 14.9 Å². The number of anilines is 1. The maximum atomic E-state index is 11.3. The number of carbonyl (C=O) groups excluding carboxylic acids is 1. The molecule has 0 bridgehead atoms. The van der Waals surface area contributed by atoms with E-state index < -0.39 is 11.0 Å². The third kappa shape index (κ3) is 2.92. The van der Waals surface area contributed by atoms with Crippen molar-refractivity contribution in [1.29, 1.82) is 0 Å². The van der Waals surface area contributed by atoms with Crippen LogP contribution < -0.4 is 5.32 Å². The predicted octanol–water partition coefficient (Wildman–Crippen LogP) is 1.62. The van der Waals surface area contributed by atoms with Crippen LogP contribution in [-0.2, 0) is 4.84 Å². The van der Waals surface area contributed by atoms with E-state index in [1.165, 1.54) is 32.4 Å². The summed E-state index contributed by atoms with van der Waals surface area (Å²) in [5.41, 5.74) is 0.251. The maximum Gasteiger partial charge on any atom is 0.345 e. The van der Waals surface area contributed by atoms with Crippen LogP contribution in [0.5, 0.6) is 0 Å². The van der Waals surface area contributed by atoms with Crippen molar-refractivity contribution < 1.29 is 14.6 Å². The summed E-state index contributed by atoms with van der Waals surface area (Å²) in [6.07, 6.45) is 0. The van der Waals surface area contributed by atoms with Gasteiger partial charge in [-0.25, -0.2) is 9.86 Å². The lowest BCUT2D eigenvalue weighted by Crippen LogP contribution is -2.30. The van der Waals surface area contributed by atoms with Gasteiger partial charge in [-0.15, -0.1) is 0 Å². The number of nitro groups is 1. The summed E-state index contributed by atoms with van der Waals surface area (Å²) in [4.78, 5) is 25.9. The van der Waals surface area contributed by atoms with Crippen molar-refractivity contribution in [3.05, 3.63) is 34.4 Å². The lowest BCUT2D eigenvalue weighted by molar-refractivity contribution is -0.384. The van der Waals surface area contributed by atoms with Crippen LogP contribution in [0.25, 0.3) is 0 Å². The first-order valence-corrected chi connectivity index (χ1v) is 4.38. The SMILES string of the molecule is CON(C)C(=O)Nc1cccc([N+](=O)[O-])c1. The number of amides is 2. The molecule has 0 radical (unpaired) electrons. The summed E-state index contributed by atoms with van der Waals surface area (Å²) in [7, 11) is 2.76. The topological polar surface area (TPSA) is 84.7 Å². The zero-order chi connectivity index (χ0) is 12.1. The summed E-state index contributed by atoms with van der Waals surface area (Å²) in [6, 6.07) is 5.13. The Kier molecular flexibility index (Phi) is 3.78. The van der Waals surface area contributed by atoms with Crippen molar-refractivity contribution in [3.8, 4) is 0 Å². The molecule has 16 heavy (non-hydrogen) atoms. The number of benzene rings is 1. The smallest absolute Gasteiger partial charge is 0.306 e. The molecule has 0 saturated heterocycles. The first-order chi connectivity index (χ1) is 7.54. The van der Waals surface area contributed by atoms with Crippen LogP contribution in [0.2, 0.25) is 0 Å². The molecule has 0 unspecified atom stereocenters. The van der Waals surface area contributed by atoms with Gasteiger partial charge in [0.2, 0.25) is 0 Å². The molecular formula is C9H11N3O4. The van der Waals surface area contributed by atoms with Crippen LogP contribution in [0, 0.1) is 10.1 Å². The Morgan fingerprint density at radius 2 is 2.25 bits per heavy atom. The van der Waals surface area contributed by atoms with Gasteiger partial charge in [-0.3, -0.25) is 15.0 Å². The van der Waals surface area contributed by atoms with Gasteiger partial charge in [0.1, 0.15) is 0 Å². The maximum absolute atomic E-state index is 11.3. The standard InChI is InChI=1S/C9H11N3O4/c1-11(16-2)9(13)10-7-4-3-5-8(6-7)12(14)15/h3-6H,1-2H3,(H,10,13). The Hall–Kier alpha value is -2.15. The molecule has 86 valence electrons. The van der Waals surface area contributed by atoms with Crippen LogP contribution in [-0.4, -0.2) is 30.2 Å². The molecule has 0 aliphatic carbocycles. The molecule has 1 aromatic carbocycles. The molecule has 1 rings (SSSR count). The average molecular weight is 225 g/mol. The van der Waals surface area contributed by atoms with Crippen LogP contribution >= 0.6 is 0 Å². The fourth-order valence-electron chi connectivity index (χ4n) is 0.982. The molecule has 0 spiro atoms. The first kappa shape index (κ1) is 11.9. The van der Waals surface area contributed by atoms with E-state index in [1.54, 1.807) is 6.07 Å². The number of nitro benzene ring substituents is 1. The normalized spacial score (nSPS) is 9.62. The van der Waals surface area contributed by atoms with Crippen molar-refractivity contribution in [2.75, 3.05) is 19.5 Å². The Bertz CT molecular complexity index is 407. The first-order valence-electron chi connectivity index (χ1n) is 4.38.